The van der Waals surface area contributed by atoms with E-state index in [1.165, 1.54) is 30.5 Å². The van der Waals surface area contributed by atoms with E-state index in [2.05, 4.69) is 20.6 Å². The molecule has 1 atom stereocenters. The van der Waals surface area contributed by atoms with Crippen LogP contribution >= 0.6 is 0 Å². The van der Waals surface area contributed by atoms with Gasteiger partial charge in [-0.05, 0) is 55.9 Å². The SMILES string of the molecule is Cc1nc(CCNC(=O)NC[C@@H](O)c2cccc(O)c2)nc2c1CCCC2. The number of benzene rings is 1. The van der Waals surface area contributed by atoms with Gasteiger partial charge in [-0.1, -0.05) is 12.1 Å². The van der Waals surface area contributed by atoms with Crippen LogP contribution in [0.1, 0.15) is 47.3 Å². The minimum Gasteiger partial charge on any atom is -0.508 e. The van der Waals surface area contributed by atoms with Gasteiger partial charge < -0.3 is 20.8 Å². The molecule has 0 spiro atoms. The Balaban J connectivity index is 1.44. The highest BCUT2D eigenvalue weighted by Crippen LogP contribution is 2.21. The quantitative estimate of drug-likeness (QED) is 0.622. The Bertz CT molecular complexity index is 810. The molecule has 7 nitrogen and oxygen atoms in total. The van der Waals surface area contributed by atoms with Gasteiger partial charge in [-0.2, -0.15) is 0 Å². The van der Waals surface area contributed by atoms with Crippen molar-refractivity contribution in [2.24, 2.45) is 0 Å². The number of amides is 2. The van der Waals surface area contributed by atoms with E-state index in [-0.39, 0.29) is 18.3 Å². The Morgan fingerprint density at radius 3 is 2.85 bits per heavy atom. The molecular formula is C20H26N4O3. The number of carbonyl (C=O) groups excluding carboxylic acids is 1. The second-order valence-electron chi connectivity index (χ2n) is 6.86. The first kappa shape index (κ1) is 19.1. The molecule has 1 aliphatic rings. The lowest BCUT2D eigenvalue weighted by Gasteiger charge is -2.17. The molecule has 27 heavy (non-hydrogen) atoms. The summed E-state index contributed by atoms with van der Waals surface area (Å²) in [7, 11) is 0. The maximum atomic E-state index is 11.9. The molecule has 2 aromatic rings. The zero-order valence-electron chi connectivity index (χ0n) is 15.5. The Kier molecular flexibility index (Phi) is 6.24. The van der Waals surface area contributed by atoms with Crippen molar-refractivity contribution < 1.29 is 15.0 Å². The summed E-state index contributed by atoms with van der Waals surface area (Å²) in [5, 5.41) is 24.9. The first-order valence-electron chi connectivity index (χ1n) is 9.37. The van der Waals surface area contributed by atoms with Gasteiger partial charge >= 0.3 is 6.03 Å². The minimum atomic E-state index is -0.880. The molecule has 3 rings (SSSR count). The van der Waals surface area contributed by atoms with Crippen molar-refractivity contribution in [2.75, 3.05) is 13.1 Å². The van der Waals surface area contributed by atoms with Crippen LogP contribution in [0.5, 0.6) is 5.75 Å². The van der Waals surface area contributed by atoms with Gasteiger partial charge in [0, 0.05) is 30.9 Å². The van der Waals surface area contributed by atoms with Gasteiger partial charge in [-0.15, -0.1) is 0 Å². The number of carbonyl (C=O) groups is 1. The Hall–Kier alpha value is -2.67. The molecule has 2 amide bonds. The fraction of sp³-hybridized carbons (Fsp3) is 0.450. The van der Waals surface area contributed by atoms with Crippen LogP contribution in [-0.4, -0.2) is 39.3 Å². The molecule has 0 fully saturated rings. The van der Waals surface area contributed by atoms with Crippen molar-refractivity contribution in [3.05, 3.63) is 52.6 Å². The number of phenolic OH excluding ortho intramolecular Hbond substituents is 1. The molecule has 0 unspecified atom stereocenters. The van der Waals surface area contributed by atoms with E-state index in [4.69, 9.17) is 0 Å². The second kappa shape index (κ2) is 8.81. The summed E-state index contributed by atoms with van der Waals surface area (Å²) in [6, 6.07) is 5.98. The summed E-state index contributed by atoms with van der Waals surface area (Å²) in [6.45, 7) is 2.51. The summed E-state index contributed by atoms with van der Waals surface area (Å²) < 4.78 is 0. The third kappa shape index (κ3) is 5.17. The van der Waals surface area contributed by atoms with Crippen molar-refractivity contribution in [3.8, 4) is 5.75 Å². The van der Waals surface area contributed by atoms with Gasteiger partial charge in [0.2, 0.25) is 0 Å². The number of hydrogen-bond acceptors (Lipinski definition) is 5. The van der Waals surface area contributed by atoms with Crippen LogP contribution in [0.4, 0.5) is 4.79 Å². The van der Waals surface area contributed by atoms with Crippen LogP contribution in [0.25, 0.3) is 0 Å². The van der Waals surface area contributed by atoms with Crippen LogP contribution in [-0.2, 0) is 19.3 Å². The van der Waals surface area contributed by atoms with Gasteiger partial charge in [0.1, 0.15) is 11.6 Å². The number of urea groups is 1. The molecule has 0 saturated carbocycles. The number of rotatable bonds is 6. The predicted octanol–water partition coefficient (Wildman–Crippen LogP) is 1.94. The van der Waals surface area contributed by atoms with Gasteiger partial charge in [0.15, 0.2) is 0 Å². The highest BCUT2D eigenvalue weighted by molar-refractivity contribution is 5.73. The van der Waals surface area contributed by atoms with Crippen molar-refractivity contribution in [1.82, 2.24) is 20.6 Å². The Morgan fingerprint density at radius 1 is 1.22 bits per heavy atom. The molecule has 7 heteroatoms. The zero-order valence-corrected chi connectivity index (χ0v) is 15.5. The molecule has 1 aromatic carbocycles. The average Bonchev–Trinajstić information content (AvgIpc) is 2.66. The number of aromatic hydroxyl groups is 1. The highest BCUT2D eigenvalue weighted by Gasteiger charge is 2.15. The van der Waals surface area contributed by atoms with E-state index in [1.54, 1.807) is 12.1 Å². The number of phenols is 1. The van der Waals surface area contributed by atoms with Gasteiger partial charge in [-0.25, -0.2) is 14.8 Å². The van der Waals surface area contributed by atoms with Crippen LogP contribution in [0.2, 0.25) is 0 Å². The first-order valence-corrected chi connectivity index (χ1v) is 9.37. The molecule has 4 N–H and O–H groups in total. The molecule has 0 saturated heterocycles. The maximum absolute atomic E-state index is 11.9. The fourth-order valence-electron chi connectivity index (χ4n) is 3.35. The van der Waals surface area contributed by atoms with E-state index in [0.717, 1.165) is 30.1 Å². The summed E-state index contributed by atoms with van der Waals surface area (Å²) >= 11 is 0. The smallest absolute Gasteiger partial charge is 0.314 e. The van der Waals surface area contributed by atoms with E-state index in [1.807, 2.05) is 6.92 Å². The van der Waals surface area contributed by atoms with Crippen LogP contribution < -0.4 is 10.6 Å². The summed E-state index contributed by atoms with van der Waals surface area (Å²) in [5.41, 5.74) is 4.04. The number of aliphatic hydroxyl groups excluding tert-OH is 1. The number of aliphatic hydroxyl groups is 1. The fourth-order valence-corrected chi connectivity index (χ4v) is 3.35. The van der Waals surface area contributed by atoms with Gasteiger partial charge in [-0.3, -0.25) is 0 Å². The number of fused-ring (bicyclic) bond motifs is 1. The van der Waals surface area contributed by atoms with Crippen molar-refractivity contribution >= 4 is 6.03 Å². The van der Waals surface area contributed by atoms with Crippen molar-refractivity contribution in [1.29, 1.82) is 0 Å². The number of aryl methyl sites for hydroxylation is 2. The number of nitrogens with one attached hydrogen (secondary N) is 2. The number of nitrogens with zero attached hydrogens (tertiary/aromatic N) is 2. The number of hydrogen-bond donors (Lipinski definition) is 4. The van der Waals surface area contributed by atoms with Crippen molar-refractivity contribution in [2.45, 2.75) is 45.1 Å². The minimum absolute atomic E-state index is 0.0593. The highest BCUT2D eigenvalue weighted by atomic mass is 16.3. The van der Waals surface area contributed by atoms with Crippen LogP contribution in [0.3, 0.4) is 0 Å². The molecule has 1 aliphatic carbocycles. The molecule has 1 aromatic heterocycles. The first-order chi connectivity index (χ1) is 13.0. The lowest BCUT2D eigenvalue weighted by Crippen LogP contribution is -2.38. The predicted molar refractivity (Wildman–Crippen MR) is 102 cm³/mol. The Morgan fingerprint density at radius 2 is 2.04 bits per heavy atom. The van der Waals surface area contributed by atoms with Gasteiger partial charge in [0.25, 0.3) is 0 Å². The van der Waals surface area contributed by atoms with E-state index < -0.39 is 6.10 Å². The molecule has 0 bridgehead atoms. The molecule has 0 radical (unpaired) electrons. The van der Waals surface area contributed by atoms with E-state index in [9.17, 15) is 15.0 Å². The summed E-state index contributed by atoms with van der Waals surface area (Å²) in [6.07, 6.45) is 4.12. The molecular weight excluding hydrogens is 344 g/mol. The average molecular weight is 370 g/mol. The molecule has 1 heterocycles. The second-order valence-corrected chi connectivity index (χ2v) is 6.86. The lowest BCUT2D eigenvalue weighted by molar-refractivity contribution is 0.173. The monoisotopic (exact) mass is 370 g/mol. The topological polar surface area (TPSA) is 107 Å². The number of aromatic nitrogens is 2. The normalized spacial score (nSPS) is 14.3. The third-order valence-electron chi connectivity index (χ3n) is 4.78. The van der Waals surface area contributed by atoms with Crippen molar-refractivity contribution in [3.63, 3.8) is 0 Å². The standard InChI is InChI=1S/C20H26N4O3/c1-13-16-7-2-3-8-17(16)24-19(23-13)9-10-21-20(27)22-12-18(26)14-5-4-6-15(25)11-14/h4-6,11,18,25-26H,2-3,7-10,12H2,1H3,(H2,21,22,27)/t18-/m1/s1. The molecule has 0 aliphatic heterocycles. The van der Waals surface area contributed by atoms with E-state index in [0.29, 0.717) is 18.5 Å². The Labute approximate surface area is 158 Å². The largest absolute Gasteiger partial charge is 0.508 e. The lowest BCUT2D eigenvalue weighted by atomic mass is 9.95. The summed E-state index contributed by atoms with van der Waals surface area (Å²) in [5.74, 6) is 0.838. The zero-order chi connectivity index (χ0) is 19.2. The molecule has 144 valence electrons. The third-order valence-corrected chi connectivity index (χ3v) is 4.78. The summed E-state index contributed by atoms with van der Waals surface area (Å²) in [4.78, 5) is 21.1. The van der Waals surface area contributed by atoms with E-state index >= 15 is 0 Å². The van der Waals surface area contributed by atoms with Crippen LogP contribution in [0.15, 0.2) is 24.3 Å². The van der Waals surface area contributed by atoms with Crippen LogP contribution in [0, 0.1) is 6.92 Å². The van der Waals surface area contributed by atoms with Gasteiger partial charge in [0.05, 0.1) is 6.10 Å². The maximum Gasteiger partial charge on any atom is 0.314 e.